The molecule has 0 aromatic carbocycles. The Hall–Kier alpha value is -1.22. The van der Waals surface area contributed by atoms with Gasteiger partial charge in [-0.05, 0) is 12.5 Å². The minimum absolute atomic E-state index is 0.352. The first kappa shape index (κ1) is 9.34. The van der Waals surface area contributed by atoms with Crippen molar-refractivity contribution in [3.63, 3.8) is 0 Å². The van der Waals surface area contributed by atoms with Gasteiger partial charge in [0.05, 0.1) is 6.54 Å². The van der Waals surface area contributed by atoms with Gasteiger partial charge < -0.3 is 9.32 Å². The topological polar surface area (TPSA) is 33.5 Å². The van der Waals surface area contributed by atoms with Gasteiger partial charge >= 0.3 is 0 Å². The maximum atomic E-state index is 10.4. The third kappa shape index (κ3) is 1.82. The van der Waals surface area contributed by atoms with Gasteiger partial charge in [0, 0.05) is 17.6 Å². The molecule has 0 atom stereocenters. The molecule has 0 N–H and O–H groups in total. The summed E-state index contributed by atoms with van der Waals surface area (Å²) in [6.07, 6.45) is 3.61. The number of aldehydes is 1. The van der Waals surface area contributed by atoms with Crippen molar-refractivity contribution in [3.8, 4) is 0 Å². The van der Waals surface area contributed by atoms with Crippen LogP contribution in [0.4, 0.5) is 5.88 Å². The molecule has 0 radical (unpaired) electrons. The Morgan fingerprint density at radius 1 is 1.50 bits per heavy atom. The SMILES string of the molecule is O=Cc1ccc(N2CCC=C(Cl)C2)o1. The summed E-state index contributed by atoms with van der Waals surface area (Å²) in [5.41, 5.74) is 0. The number of hydrogen-bond acceptors (Lipinski definition) is 3. The first-order chi connectivity index (χ1) is 6.79. The van der Waals surface area contributed by atoms with E-state index in [1.54, 1.807) is 12.1 Å². The van der Waals surface area contributed by atoms with Gasteiger partial charge in [0.15, 0.2) is 17.9 Å². The summed E-state index contributed by atoms with van der Waals surface area (Å²) in [5, 5.41) is 0.820. The Morgan fingerprint density at radius 3 is 3.00 bits per heavy atom. The van der Waals surface area contributed by atoms with Crippen LogP contribution in [0.5, 0.6) is 0 Å². The molecule has 1 aliphatic rings. The first-order valence-corrected chi connectivity index (χ1v) is 4.82. The largest absolute Gasteiger partial charge is 0.438 e. The minimum Gasteiger partial charge on any atom is -0.438 e. The lowest BCUT2D eigenvalue weighted by molar-refractivity contribution is 0.110. The van der Waals surface area contributed by atoms with Gasteiger partial charge in [-0.2, -0.15) is 0 Å². The Balaban J connectivity index is 2.15. The van der Waals surface area contributed by atoms with E-state index < -0.39 is 0 Å². The highest BCUT2D eigenvalue weighted by Crippen LogP contribution is 2.22. The van der Waals surface area contributed by atoms with Crippen molar-refractivity contribution in [2.45, 2.75) is 6.42 Å². The highest BCUT2D eigenvalue weighted by Gasteiger charge is 2.14. The van der Waals surface area contributed by atoms with Crippen molar-refractivity contribution in [1.29, 1.82) is 0 Å². The molecular weight excluding hydrogens is 202 g/mol. The number of rotatable bonds is 2. The fourth-order valence-electron chi connectivity index (χ4n) is 1.47. The lowest BCUT2D eigenvalue weighted by Gasteiger charge is -2.24. The molecule has 2 heterocycles. The number of furan rings is 1. The fourth-order valence-corrected chi connectivity index (χ4v) is 1.72. The van der Waals surface area contributed by atoms with Gasteiger partial charge in [-0.1, -0.05) is 17.7 Å². The zero-order valence-electron chi connectivity index (χ0n) is 7.57. The van der Waals surface area contributed by atoms with Gasteiger partial charge in [0.2, 0.25) is 0 Å². The van der Waals surface area contributed by atoms with Crippen molar-refractivity contribution in [1.82, 2.24) is 0 Å². The molecule has 4 heteroatoms. The number of carbonyl (C=O) groups excluding carboxylic acids is 1. The summed E-state index contributed by atoms with van der Waals surface area (Å²) in [6.45, 7) is 1.54. The van der Waals surface area contributed by atoms with Crippen molar-refractivity contribution in [2.75, 3.05) is 18.0 Å². The smallest absolute Gasteiger partial charge is 0.196 e. The molecule has 0 amide bonds. The highest BCUT2D eigenvalue weighted by molar-refractivity contribution is 6.30. The van der Waals surface area contributed by atoms with E-state index in [9.17, 15) is 4.79 Å². The summed E-state index contributed by atoms with van der Waals surface area (Å²) in [5.74, 6) is 1.06. The fraction of sp³-hybridized carbons (Fsp3) is 0.300. The quantitative estimate of drug-likeness (QED) is 0.705. The van der Waals surface area contributed by atoms with Crippen molar-refractivity contribution < 1.29 is 9.21 Å². The molecule has 0 saturated heterocycles. The number of hydrogen-bond donors (Lipinski definition) is 0. The monoisotopic (exact) mass is 211 g/mol. The molecule has 74 valence electrons. The Labute approximate surface area is 86.9 Å². The second kappa shape index (κ2) is 3.88. The average molecular weight is 212 g/mol. The van der Waals surface area contributed by atoms with E-state index in [1.165, 1.54) is 0 Å². The van der Waals surface area contributed by atoms with Crippen LogP contribution in [0.2, 0.25) is 0 Å². The summed E-state index contributed by atoms with van der Waals surface area (Å²) < 4.78 is 5.29. The van der Waals surface area contributed by atoms with Crippen molar-refractivity contribution in [2.24, 2.45) is 0 Å². The Kier molecular flexibility index (Phi) is 2.59. The zero-order valence-corrected chi connectivity index (χ0v) is 8.33. The normalized spacial score (nSPS) is 16.6. The first-order valence-electron chi connectivity index (χ1n) is 4.44. The molecule has 0 spiro atoms. The lowest BCUT2D eigenvalue weighted by atomic mass is 10.2. The van der Waals surface area contributed by atoms with Gasteiger partial charge in [0.1, 0.15) is 0 Å². The van der Waals surface area contributed by atoms with Gasteiger partial charge in [-0.3, -0.25) is 4.79 Å². The minimum atomic E-state index is 0.352. The number of nitrogens with zero attached hydrogens (tertiary/aromatic N) is 1. The second-order valence-electron chi connectivity index (χ2n) is 3.16. The van der Waals surface area contributed by atoms with Crippen LogP contribution in [0.3, 0.4) is 0 Å². The van der Waals surface area contributed by atoms with E-state index in [0.717, 1.165) is 18.0 Å². The van der Waals surface area contributed by atoms with E-state index in [4.69, 9.17) is 16.0 Å². The van der Waals surface area contributed by atoms with Crippen LogP contribution in [0.25, 0.3) is 0 Å². The highest BCUT2D eigenvalue weighted by atomic mass is 35.5. The van der Waals surface area contributed by atoms with Gasteiger partial charge in [-0.25, -0.2) is 0 Å². The summed E-state index contributed by atoms with van der Waals surface area (Å²) in [4.78, 5) is 12.4. The standard InChI is InChI=1S/C10H10ClNO2/c11-8-2-1-5-12(6-8)10-4-3-9(7-13)14-10/h2-4,7H,1,5-6H2. The summed E-state index contributed by atoms with van der Waals surface area (Å²) >= 11 is 5.91. The molecule has 1 aliphatic heterocycles. The van der Waals surface area contributed by atoms with Gasteiger partial charge in [-0.15, -0.1) is 0 Å². The van der Waals surface area contributed by atoms with Crippen LogP contribution in [0, 0.1) is 0 Å². The lowest BCUT2D eigenvalue weighted by Crippen LogP contribution is -2.28. The maximum absolute atomic E-state index is 10.4. The van der Waals surface area contributed by atoms with Crippen LogP contribution < -0.4 is 4.90 Å². The van der Waals surface area contributed by atoms with Crippen LogP contribution >= 0.6 is 11.6 Å². The van der Waals surface area contributed by atoms with E-state index >= 15 is 0 Å². The van der Waals surface area contributed by atoms with E-state index in [2.05, 4.69) is 0 Å². The van der Waals surface area contributed by atoms with Crippen LogP contribution in [-0.4, -0.2) is 19.4 Å². The van der Waals surface area contributed by atoms with E-state index in [0.29, 0.717) is 24.5 Å². The third-order valence-electron chi connectivity index (χ3n) is 2.15. The Morgan fingerprint density at radius 2 is 2.36 bits per heavy atom. The van der Waals surface area contributed by atoms with E-state index in [-0.39, 0.29) is 0 Å². The van der Waals surface area contributed by atoms with Crippen LogP contribution in [0.1, 0.15) is 17.0 Å². The van der Waals surface area contributed by atoms with Crippen molar-refractivity contribution in [3.05, 3.63) is 29.0 Å². The average Bonchev–Trinajstić information content (AvgIpc) is 2.66. The van der Waals surface area contributed by atoms with Crippen LogP contribution in [-0.2, 0) is 0 Å². The molecule has 0 saturated carbocycles. The molecule has 0 bridgehead atoms. The summed E-state index contributed by atoms with van der Waals surface area (Å²) in [6, 6.07) is 3.45. The predicted octanol–water partition coefficient (Wildman–Crippen LogP) is 2.42. The molecular formula is C10H10ClNO2. The molecule has 14 heavy (non-hydrogen) atoms. The molecule has 0 aliphatic carbocycles. The van der Waals surface area contributed by atoms with Gasteiger partial charge in [0.25, 0.3) is 0 Å². The maximum Gasteiger partial charge on any atom is 0.196 e. The number of anilines is 1. The molecule has 1 aromatic rings. The molecule has 0 unspecified atom stereocenters. The molecule has 1 aromatic heterocycles. The summed E-state index contributed by atoms with van der Waals surface area (Å²) in [7, 11) is 0. The predicted molar refractivity (Wildman–Crippen MR) is 54.9 cm³/mol. The number of halogens is 1. The van der Waals surface area contributed by atoms with Crippen molar-refractivity contribution >= 4 is 23.8 Å². The molecule has 2 rings (SSSR count). The molecule has 0 fully saturated rings. The Bertz CT molecular complexity index is 370. The second-order valence-corrected chi connectivity index (χ2v) is 3.64. The zero-order chi connectivity index (χ0) is 9.97. The number of carbonyl (C=O) groups is 1. The van der Waals surface area contributed by atoms with Crippen LogP contribution in [0.15, 0.2) is 27.7 Å². The van der Waals surface area contributed by atoms with E-state index in [1.807, 2.05) is 11.0 Å². The molecule has 3 nitrogen and oxygen atoms in total. The third-order valence-corrected chi connectivity index (χ3v) is 2.42.